The van der Waals surface area contributed by atoms with Crippen molar-refractivity contribution in [3.8, 4) is 0 Å². The minimum atomic E-state index is 0.0289. The van der Waals surface area contributed by atoms with Crippen LogP contribution in [0.4, 0.5) is 0 Å². The zero-order valence-corrected chi connectivity index (χ0v) is 7.57. The maximum atomic E-state index is 6.08. The zero-order valence-electron chi connectivity index (χ0n) is 7.57. The van der Waals surface area contributed by atoms with E-state index < -0.39 is 0 Å². The van der Waals surface area contributed by atoms with E-state index in [9.17, 15) is 0 Å². The third-order valence-electron chi connectivity index (χ3n) is 3.18. The summed E-state index contributed by atoms with van der Waals surface area (Å²) in [6.45, 7) is 8.86. The topological polar surface area (TPSA) is 26.0 Å². The van der Waals surface area contributed by atoms with E-state index in [2.05, 4.69) is 27.7 Å². The van der Waals surface area contributed by atoms with Crippen molar-refractivity contribution in [3.05, 3.63) is 0 Å². The predicted molar refractivity (Wildman–Crippen MR) is 44.8 cm³/mol. The quantitative estimate of drug-likeness (QED) is 0.626. The van der Waals surface area contributed by atoms with Crippen LogP contribution in [0.3, 0.4) is 0 Å². The normalized spacial score (nSPS) is 23.4. The Balaban J connectivity index is 2.70. The summed E-state index contributed by atoms with van der Waals surface area (Å²) in [5.41, 5.74) is 6.57. The van der Waals surface area contributed by atoms with E-state index in [4.69, 9.17) is 5.73 Å². The first-order valence-electron chi connectivity index (χ1n) is 4.19. The summed E-state index contributed by atoms with van der Waals surface area (Å²) in [6, 6.07) is 0. The maximum absolute atomic E-state index is 6.08. The number of hydrogen-bond acceptors (Lipinski definition) is 1. The summed E-state index contributed by atoms with van der Waals surface area (Å²) < 4.78 is 0. The average Bonchev–Trinajstić information content (AvgIpc) is 2.36. The van der Waals surface area contributed by atoms with Gasteiger partial charge >= 0.3 is 0 Å². The van der Waals surface area contributed by atoms with Gasteiger partial charge in [0, 0.05) is 5.54 Å². The second kappa shape index (κ2) is 1.97. The van der Waals surface area contributed by atoms with Crippen LogP contribution in [0.5, 0.6) is 0 Å². The second-order valence-electron chi connectivity index (χ2n) is 4.53. The van der Waals surface area contributed by atoms with E-state index >= 15 is 0 Å². The van der Waals surface area contributed by atoms with Crippen molar-refractivity contribution >= 4 is 0 Å². The van der Waals surface area contributed by atoms with Crippen LogP contribution in [0.1, 0.15) is 40.5 Å². The molecule has 1 fully saturated rings. The first-order valence-corrected chi connectivity index (χ1v) is 4.19. The Kier molecular flexibility index (Phi) is 1.59. The van der Waals surface area contributed by atoms with Crippen molar-refractivity contribution in [2.75, 3.05) is 0 Å². The van der Waals surface area contributed by atoms with Gasteiger partial charge in [-0.15, -0.1) is 0 Å². The van der Waals surface area contributed by atoms with Gasteiger partial charge in [0.1, 0.15) is 0 Å². The number of rotatable bonds is 2. The summed E-state index contributed by atoms with van der Waals surface area (Å²) in [4.78, 5) is 0. The van der Waals surface area contributed by atoms with Gasteiger partial charge < -0.3 is 5.73 Å². The predicted octanol–water partition coefficient (Wildman–Crippen LogP) is 2.16. The summed E-state index contributed by atoms with van der Waals surface area (Å²) >= 11 is 0. The Morgan fingerprint density at radius 3 is 1.70 bits per heavy atom. The van der Waals surface area contributed by atoms with Gasteiger partial charge in [-0.3, -0.25) is 0 Å². The van der Waals surface area contributed by atoms with Crippen LogP contribution in [0.2, 0.25) is 0 Å². The van der Waals surface area contributed by atoms with Gasteiger partial charge in [-0.25, -0.2) is 0 Å². The molecule has 0 aliphatic heterocycles. The van der Waals surface area contributed by atoms with Crippen LogP contribution in [0.15, 0.2) is 0 Å². The minimum absolute atomic E-state index is 0.0289. The first-order chi connectivity index (χ1) is 4.40. The summed E-state index contributed by atoms with van der Waals surface area (Å²) in [5, 5.41) is 0. The summed E-state index contributed by atoms with van der Waals surface area (Å²) in [5.74, 6) is 0.743. The molecule has 0 aromatic carbocycles. The monoisotopic (exact) mass is 141 g/mol. The lowest BCUT2D eigenvalue weighted by Crippen LogP contribution is -2.45. The van der Waals surface area contributed by atoms with Crippen LogP contribution >= 0.6 is 0 Å². The summed E-state index contributed by atoms with van der Waals surface area (Å²) in [7, 11) is 0. The number of hydrogen-bond donors (Lipinski definition) is 1. The lowest BCUT2D eigenvalue weighted by Gasteiger charge is -2.34. The molecule has 10 heavy (non-hydrogen) atoms. The zero-order chi connectivity index (χ0) is 7.99. The van der Waals surface area contributed by atoms with Gasteiger partial charge in [0.25, 0.3) is 0 Å². The van der Waals surface area contributed by atoms with Crippen LogP contribution < -0.4 is 5.73 Å². The molecule has 1 aliphatic rings. The largest absolute Gasteiger partial charge is 0.325 e. The van der Waals surface area contributed by atoms with E-state index in [-0.39, 0.29) is 5.54 Å². The van der Waals surface area contributed by atoms with Crippen LogP contribution in [0, 0.1) is 11.3 Å². The molecule has 2 N–H and O–H groups in total. The van der Waals surface area contributed by atoms with E-state index in [0.717, 1.165) is 5.92 Å². The van der Waals surface area contributed by atoms with E-state index in [1.165, 1.54) is 12.8 Å². The van der Waals surface area contributed by atoms with Gasteiger partial charge in [-0.1, -0.05) is 13.8 Å². The van der Waals surface area contributed by atoms with Gasteiger partial charge in [0.05, 0.1) is 0 Å². The highest BCUT2D eigenvalue weighted by Crippen LogP contribution is 2.58. The van der Waals surface area contributed by atoms with Crippen molar-refractivity contribution in [3.63, 3.8) is 0 Å². The minimum Gasteiger partial charge on any atom is -0.325 e. The Hall–Kier alpha value is -0.0400. The lowest BCUT2D eigenvalue weighted by molar-refractivity contribution is 0.216. The molecule has 0 radical (unpaired) electrons. The Morgan fingerprint density at radius 2 is 1.70 bits per heavy atom. The molecule has 0 atom stereocenters. The molecule has 60 valence electrons. The fourth-order valence-corrected chi connectivity index (χ4v) is 2.10. The molecule has 0 amide bonds. The first kappa shape index (κ1) is 8.06. The van der Waals surface area contributed by atoms with Gasteiger partial charge in [-0.05, 0) is 38.0 Å². The second-order valence-corrected chi connectivity index (χ2v) is 4.53. The molecular weight excluding hydrogens is 122 g/mol. The van der Waals surface area contributed by atoms with Crippen LogP contribution in [-0.4, -0.2) is 5.54 Å². The molecule has 0 unspecified atom stereocenters. The van der Waals surface area contributed by atoms with Crippen molar-refractivity contribution in [2.45, 2.75) is 46.1 Å². The highest BCUT2D eigenvalue weighted by atomic mass is 14.8. The molecule has 0 heterocycles. The fourth-order valence-electron chi connectivity index (χ4n) is 2.10. The van der Waals surface area contributed by atoms with Crippen molar-refractivity contribution in [1.29, 1.82) is 0 Å². The third-order valence-corrected chi connectivity index (χ3v) is 3.18. The van der Waals surface area contributed by atoms with Crippen LogP contribution in [-0.2, 0) is 0 Å². The molecule has 0 saturated heterocycles. The summed E-state index contributed by atoms with van der Waals surface area (Å²) in [6.07, 6.45) is 2.66. The molecule has 1 aliphatic carbocycles. The lowest BCUT2D eigenvalue weighted by atomic mass is 9.77. The molecule has 1 heteroatoms. The fraction of sp³-hybridized carbons (Fsp3) is 1.00. The van der Waals surface area contributed by atoms with Gasteiger partial charge in [0.15, 0.2) is 0 Å². The van der Waals surface area contributed by atoms with E-state index in [1.54, 1.807) is 0 Å². The molecule has 0 spiro atoms. The molecular formula is C9H19N. The maximum Gasteiger partial charge on any atom is 0.0156 e. The molecule has 1 nitrogen and oxygen atoms in total. The third kappa shape index (κ3) is 0.968. The van der Waals surface area contributed by atoms with Crippen molar-refractivity contribution in [2.24, 2.45) is 17.1 Å². The Bertz CT molecular complexity index is 126. The highest BCUT2D eigenvalue weighted by Gasteiger charge is 2.54. The molecule has 1 rings (SSSR count). The standard InChI is InChI=1S/C9H19N/c1-7(2)9(5-6-9)8(3,4)10/h7H,5-6,10H2,1-4H3. The molecule has 0 aromatic heterocycles. The van der Waals surface area contributed by atoms with Gasteiger partial charge in [0.2, 0.25) is 0 Å². The molecule has 0 aromatic rings. The average molecular weight is 141 g/mol. The Labute approximate surface area is 64.0 Å². The van der Waals surface area contributed by atoms with E-state index in [0.29, 0.717) is 5.41 Å². The van der Waals surface area contributed by atoms with Crippen molar-refractivity contribution < 1.29 is 0 Å². The van der Waals surface area contributed by atoms with E-state index in [1.807, 2.05) is 0 Å². The van der Waals surface area contributed by atoms with Crippen LogP contribution in [0.25, 0.3) is 0 Å². The number of nitrogens with two attached hydrogens (primary N) is 1. The Morgan fingerprint density at radius 1 is 1.30 bits per heavy atom. The molecule has 0 bridgehead atoms. The SMILES string of the molecule is CC(C)C1(C(C)(C)N)CC1. The van der Waals surface area contributed by atoms with Gasteiger partial charge in [-0.2, -0.15) is 0 Å². The highest BCUT2D eigenvalue weighted by molar-refractivity contribution is 5.08. The smallest absolute Gasteiger partial charge is 0.0156 e. The van der Waals surface area contributed by atoms with Crippen molar-refractivity contribution in [1.82, 2.24) is 0 Å². The molecule has 1 saturated carbocycles.